The van der Waals surface area contributed by atoms with Gasteiger partial charge in [0.2, 0.25) is 0 Å². The van der Waals surface area contributed by atoms with Gasteiger partial charge in [-0.15, -0.1) is 13.2 Å². The molecule has 0 atom stereocenters. The maximum absolute atomic E-state index is 12.7. The van der Waals surface area contributed by atoms with Gasteiger partial charge in [-0.25, -0.2) is 4.98 Å². The molecule has 3 rings (SSSR count). The predicted molar refractivity (Wildman–Crippen MR) is 99.2 cm³/mol. The zero-order valence-electron chi connectivity index (χ0n) is 15.2. The van der Waals surface area contributed by atoms with Gasteiger partial charge in [-0.05, 0) is 38.0 Å². The Morgan fingerprint density at radius 3 is 2.64 bits per heavy atom. The Morgan fingerprint density at radius 1 is 1.32 bits per heavy atom. The number of hydrogen-bond acceptors (Lipinski definition) is 5. The number of anilines is 1. The summed E-state index contributed by atoms with van der Waals surface area (Å²) >= 11 is 1.02. The number of amides is 1. The first-order valence-corrected chi connectivity index (χ1v) is 9.10. The Balaban J connectivity index is 1.88. The van der Waals surface area contributed by atoms with Gasteiger partial charge in [0.25, 0.3) is 5.91 Å². The highest BCUT2D eigenvalue weighted by Gasteiger charge is 2.31. The maximum atomic E-state index is 12.7. The summed E-state index contributed by atoms with van der Waals surface area (Å²) in [5.41, 5.74) is 2.41. The summed E-state index contributed by atoms with van der Waals surface area (Å²) in [4.78, 5) is 31.6. The molecule has 0 radical (unpaired) electrons. The average Bonchev–Trinajstić information content (AvgIpc) is 3.12. The number of benzene rings is 1. The third kappa shape index (κ3) is 4.01. The van der Waals surface area contributed by atoms with Gasteiger partial charge < -0.3 is 9.72 Å². The van der Waals surface area contributed by atoms with E-state index in [1.807, 2.05) is 6.92 Å². The van der Waals surface area contributed by atoms with Crippen molar-refractivity contribution in [2.24, 2.45) is 0 Å². The van der Waals surface area contributed by atoms with E-state index in [4.69, 9.17) is 0 Å². The van der Waals surface area contributed by atoms with Crippen LogP contribution >= 0.6 is 11.3 Å². The van der Waals surface area contributed by atoms with Gasteiger partial charge in [0.15, 0.2) is 10.9 Å². The normalized spacial score (nSPS) is 11.6. The van der Waals surface area contributed by atoms with E-state index in [1.54, 1.807) is 6.92 Å². The van der Waals surface area contributed by atoms with Crippen molar-refractivity contribution in [2.45, 2.75) is 33.6 Å². The van der Waals surface area contributed by atoms with Crippen molar-refractivity contribution in [3.8, 4) is 5.75 Å². The number of thiazole rings is 1. The molecule has 0 fully saturated rings. The molecule has 148 valence electrons. The van der Waals surface area contributed by atoms with E-state index in [2.05, 4.69) is 20.0 Å². The zero-order chi connectivity index (χ0) is 20.6. The fourth-order valence-electron chi connectivity index (χ4n) is 3.02. The van der Waals surface area contributed by atoms with Crippen LogP contribution in [-0.4, -0.2) is 28.0 Å². The van der Waals surface area contributed by atoms with Crippen LogP contribution in [0.3, 0.4) is 0 Å². The number of nitrogens with zero attached hydrogens (tertiary/aromatic N) is 1. The number of hydrogen-bond donors (Lipinski definition) is 2. The second kappa shape index (κ2) is 7.27. The van der Waals surface area contributed by atoms with Crippen molar-refractivity contribution >= 4 is 38.4 Å². The monoisotopic (exact) mass is 411 g/mol. The lowest BCUT2D eigenvalue weighted by atomic mass is 10.0. The van der Waals surface area contributed by atoms with Crippen LogP contribution in [0.25, 0.3) is 10.2 Å². The number of aryl methyl sites for hydroxylation is 1. The molecule has 0 aliphatic heterocycles. The molecule has 10 heteroatoms. The van der Waals surface area contributed by atoms with Crippen LogP contribution in [-0.2, 0) is 6.42 Å². The van der Waals surface area contributed by atoms with Crippen molar-refractivity contribution in [1.29, 1.82) is 0 Å². The van der Waals surface area contributed by atoms with Crippen LogP contribution in [0, 0.1) is 6.92 Å². The molecular formula is C18H16F3N3O3S. The van der Waals surface area contributed by atoms with Crippen LogP contribution in [0.15, 0.2) is 18.2 Å². The SMILES string of the molecule is CCc1c(C(=O)Nc2nc3ccc(OC(F)(F)F)cc3s2)[nH]c(C)c1C(C)=O. The second-order valence-corrected chi connectivity index (χ2v) is 7.07. The van der Waals surface area contributed by atoms with Crippen LogP contribution in [0.2, 0.25) is 0 Å². The van der Waals surface area contributed by atoms with Crippen LogP contribution in [0.4, 0.5) is 18.3 Å². The molecule has 6 nitrogen and oxygen atoms in total. The number of ketones is 1. The fourth-order valence-corrected chi connectivity index (χ4v) is 3.91. The number of carbonyl (C=O) groups excluding carboxylic acids is 2. The lowest BCUT2D eigenvalue weighted by Gasteiger charge is -2.07. The highest BCUT2D eigenvalue weighted by molar-refractivity contribution is 7.22. The smallest absolute Gasteiger partial charge is 0.406 e. The lowest BCUT2D eigenvalue weighted by Crippen LogP contribution is -2.16. The van der Waals surface area contributed by atoms with Crippen molar-refractivity contribution in [2.75, 3.05) is 5.32 Å². The second-order valence-electron chi connectivity index (χ2n) is 6.04. The van der Waals surface area contributed by atoms with Gasteiger partial charge in [-0.2, -0.15) is 0 Å². The first-order chi connectivity index (χ1) is 13.1. The molecule has 0 unspecified atom stereocenters. The van der Waals surface area contributed by atoms with E-state index in [0.29, 0.717) is 33.5 Å². The molecule has 0 bridgehead atoms. The molecule has 0 saturated carbocycles. The van der Waals surface area contributed by atoms with Crippen LogP contribution < -0.4 is 10.1 Å². The number of halogens is 3. The molecule has 2 aromatic heterocycles. The predicted octanol–water partition coefficient (Wildman–Crippen LogP) is 4.85. The number of alkyl halides is 3. The summed E-state index contributed by atoms with van der Waals surface area (Å²) < 4.78 is 41.4. The first kappa shape index (κ1) is 19.9. The van der Waals surface area contributed by atoms with Crippen LogP contribution in [0.1, 0.15) is 46.0 Å². The molecule has 1 aromatic carbocycles. The minimum atomic E-state index is -4.79. The molecule has 0 spiro atoms. The number of H-pyrrole nitrogens is 1. The number of fused-ring (bicyclic) bond motifs is 1. The number of nitrogens with one attached hydrogen (secondary N) is 2. The average molecular weight is 411 g/mol. The molecule has 1 amide bonds. The molecule has 0 aliphatic rings. The first-order valence-electron chi connectivity index (χ1n) is 8.29. The number of ether oxygens (including phenoxy) is 1. The van der Waals surface area contributed by atoms with E-state index in [1.165, 1.54) is 19.1 Å². The number of carbonyl (C=O) groups is 2. The summed E-state index contributed by atoms with van der Waals surface area (Å²) in [5.74, 6) is -0.971. The summed E-state index contributed by atoms with van der Waals surface area (Å²) in [5, 5.41) is 2.86. The van der Waals surface area contributed by atoms with Gasteiger partial charge in [-0.3, -0.25) is 14.9 Å². The Morgan fingerprint density at radius 2 is 2.04 bits per heavy atom. The third-order valence-corrected chi connectivity index (χ3v) is 4.97. The highest BCUT2D eigenvalue weighted by Crippen LogP contribution is 2.32. The molecule has 0 aliphatic carbocycles. The quantitative estimate of drug-likeness (QED) is 0.588. The minimum absolute atomic E-state index is 0.137. The van der Waals surface area contributed by atoms with Crippen LogP contribution in [0.5, 0.6) is 5.75 Å². The Hall–Kier alpha value is -2.88. The zero-order valence-corrected chi connectivity index (χ0v) is 16.0. The Bertz CT molecular complexity index is 1070. The summed E-state index contributed by atoms with van der Waals surface area (Å²) in [6, 6.07) is 3.75. The molecule has 28 heavy (non-hydrogen) atoms. The van der Waals surface area contributed by atoms with Gasteiger partial charge in [0, 0.05) is 17.3 Å². The van der Waals surface area contributed by atoms with Gasteiger partial charge in [0.05, 0.1) is 10.2 Å². The topological polar surface area (TPSA) is 84.1 Å². The summed E-state index contributed by atoms with van der Waals surface area (Å²) in [7, 11) is 0. The summed E-state index contributed by atoms with van der Waals surface area (Å²) in [6.07, 6.45) is -4.30. The number of Topliss-reactive ketones (excluding diaryl/α,β-unsaturated/α-hetero) is 1. The minimum Gasteiger partial charge on any atom is -0.406 e. The summed E-state index contributed by atoms with van der Waals surface area (Å²) in [6.45, 7) is 4.99. The number of aromatic amines is 1. The largest absolute Gasteiger partial charge is 0.573 e. The van der Waals surface area contributed by atoms with Gasteiger partial charge >= 0.3 is 6.36 Å². The number of aromatic nitrogens is 2. The van der Waals surface area contributed by atoms with Gasteiger partial charge in [0.1, 0.15) is 11.4 Å². The van der Waals surface area contributed by atoms with Crippen molar-refractivity contribution in [3.05, 3.63) is 40.7 Å². The Labute approximate surface area is 161 Å². The van der Waals surface area contributed by atoms with E-state index in [0.717, 1.165) is 17.4 Å². The van der Waals surface area contributed by atoms with Crippen molar-refractivity contribution < 1.29 is 27.5 Å². The highest BCUT2D eigenvalue weighted by atomic mass is 32.1. The molecular weight excluding hydrogens is 395 g/mol. The number of rotatable bonds is 5. The molecule has 0 saturated heterocycles. The lowest BCUT2D eigenvalue weighted by molar-refractivity contribution is -0.274. The molecule has 3 aromatic rings. The van der Waals surface area contributed by atoms with E-state index < -0.39 is 12.3 Å². The van der Waals surface area contributed by atoms with Crippen molar-refractivity contribution in [3.63, 3.8) is 0 Å². The Kier molecular flexibility index (Phi) is 5.16. The molecule has 2 heterocycles. The van der Waals surface area contributed by atoms with Crippen molar-refractivity contribution in [1.82, 2.24) is 9.97 Å². The van der Waals surface area contributed by atoms with E-state index in [-0.39, 0.29) is 22.4 Å². The maximum Gasteiger partial charge on any atom is 0.573 e. The standard InChI is InChI=1S/C18H16F3N3O3S/c1-4-11-14(9(3)25)8(2)22-15(11)16(26)24-17-23-12-6-5-10(7-13(12)28-17)27-18(19,20)21/h5-7,22H,4H2,1-3H3,(H,23,24,26). The third-order valence-electron chi connectivity index (χ3n) is 4.04. The molecule has 2 N–H and O–H groups in total. The van der Waals surface area contributed by atoms with E-state index in [9.17, 15) is 22.8 Å². The van der Waals surface area contributed by atoms with Gasteiger partial charge in [-0.1, -0.05) is 18.3 Å². The fraction of sp³-hybridized carbons (Fsp3) is 0.278. The van der Waals surface area contributed by atoms with E-state index >= 15 is 0 Å².